The van der Waals surface area contributed by atoms with E-state index in [1.54, 1.807) is 0 Å². The van der Waals surface area contributed by atoms with Crippen molar-refractivity contribution in [2.75, 3.05) is 0 Å². The SMILES string of the molecule is CC(C)OP(=O)(OC(C)C)[C@@]1(C#N)[C@@H]2Cc3ccccc3[C@@H]21. The van der Waals surface area contributed by atoms with Crippen LogP contribution in [0.2, 0.25) is 0 Å². The van der Waals surface area contributed by atoms with Crippen LogP contribution in [0.25, 0.3) is 0 Å². The molecule has 2 aliphatic carbocycles. The number of fused-ring (bicyclic) bond motifs is 3. The second kappa shape index (κ2) is 5.20. The van der Waals surface area contributed by atoms with Crippen molar-refractivity contribution in [3.8, 4) is 6.07 Å². The van der Waals surface area contributed by atoms with Crippen LogP contribution in [0.15, 0.2) is 24.3 Å². The van der Waals surface area contributed by atoms with Gasteiger partial charge in [0, 0.05) is 11.8 Å². The number of benzene rings is 1. The summed E-state index contributed by atoms with van der Waals surface area (Å²) >= 11 is 0. The average Bonchev–Trinajstić information content (AvgIpc) is 2.91. The van der Waals surface area contributed by atoms with Crippen molar-refractivity contribution in [3.63, 3.8) is 0 Å². The Labute approximate surface area is 132 Å². The van der Waals surface area contributed by atoms with Gasteiger partial charge in [-0.05, 0) is 45.2 Å². The van der Waals surface area contributed by atoms with Crippen LogP contribution >= 0.6 is 7.60 Å². The van der Waals surface area contributed by atoms with Gasteiger partial charge in [0.25, 0.3) is 0 Å². The summed E-state index contributed by atoms with van der Waals surface area (Å²) in [5.74, 6) is 0.00951. The molecular formula is C17H22NO3P. The Balaban J connectivity index is 2.02. The van der Waals surface area contributed by atoms with E-state index in [4.69, 9.17) is 9.05 Å². The highest BCUT2D eigenvalue weighted by Gasteiger charge is 2.79. The van der Waals surface area contributed by atoms with Gasteiger partial charge >= 0.3 is 7.60 Å². The number of rotatable bonds is 5. The molecule has 0 radical (unpaired) electrons. The third-order valence-electron chi connectivity index (χ3n) is 4.49. The van der Waals surface area contributed by atoms with E-state index in [0.717, 1.165) is 12.0 Å². The molecule has 0 unspecified atom stereocenters. The molecule has 1 aromatic carbocycles. The highest BCUT2D eigenvalue weighted by atomic mass is 31.2. The van der Waals surface area contributed by atoms with Crippen LogP contribution < -0.4 is 0 Å². The molecule has 1 fully saturated rings. The van der Waals surface area contributed by atoms with E-state index < -0.39 is 12.8 Å². The van der Waals surface area contributed by atoms with Crippen molar-refractivity contribution >= 4 is 7.60 Å². The minimum absolute atomic E-state index is 0.0305. The molecule has 3 atom stereocenters. The zero-order valence-corrected chi connectivity index (χ0v) is 14.3. The molecule has 0 amide bonds. The number of hydrogen-bond donors (Lipinski definition) is 0. The molecule has 22 heavy (non-hydrogen) atoms. The van der Waals surface area contributed by atoms with E-state index >= 15 is 0 Å². The lowest BCUT2D eigenvalue weighted by atomic mass is 10.0. The molecule has 0 saturated heterocycles. The Kier molecular flexibility index (Phi) is 3.72. The highest BCUT2D eigenvalue weighted by Crippen LogP contribution is 2.83. The normalized spacial score (nSPS) is 29.3. The molecule has 5 heteroatoms. The maximum Gasteiger partial charge on any atom is 0.352 e. The van der Waals surface area contributed by atoms with Gasteiger partial charge in [0.1, 0.15) is 0 Å². The van der Waals surface area contributed by atoms with E-state index in [1.165, 1.54) is 5.56 Å². The van der Waals surface area contributed by atoms with Crippen LogP contribution in [-0.2, 0) is 20.0 Å². The van der Waals surface area contributed by atoms with Gasteiger partial charge in [-0.2, -0.15) is 5.26 Å². The standard InChI is InChI=1S/C17H22NO3P/c1-11(2)20-22(19,21-12(3)4)17(10-18)15-9-13-7-5-6-8-14(13)16(15)17/h5-8,11-12,15-16H,9H2,1-4H3/t15-,16+,17+/m1/s1. The Bertz CT molecular complexity index is 665. The Morgan fingerprint density at radius 3 is 2.36 bits per heavy atom. The molecule has 0 N–H and O–H groups in total. The fourth-order valence-electron chi connectivity index (χ4n) is 3.77. The van der Waals surface area contributed by atoms with Crippen molar-refractivity contribution < 1.29 is 13.6 Å². The van der Waals surface area contributed by atoms with Crippen molar-refractivity contribution in [2.24, 2.45) is 5.92 Å². The fraction of sp³-hybridized carbons (Fsp3) is 0.588. The van der Waals surface area contributed by atoms with Crippen LogP contribution in [0.3, 0.4) is 0 Å². The van der Waals surface area contributed by atoms with Gasteiger partial charge in [-0.25, -0.2) is 0 Å². The molecule has 0 aromatic heterocycles. The molecule has 118 valence electrons. The lowest BCUT2D eigenvalue weighted by molar-refractivity contribution is 0.136. The number of nitriles is 1. The number of nitrogens with zero attached hydrogens (tertiary/aromatic N) is 1. The first kappa shape index (κ1) is 15.7. The van der Waals surface area contributed by atoms with E-state index in [2.05, 4.69) is 12.1 Å². The summed E-state index contributed by atoms with van der Waals surface area (Å²) in [7, 11) is -3.52. The van der Waals surface area contributed by atoms with Gasteiger partial charge in [0.15, 0.2) is 5.16 Å². The summed E-state index contributed by atoms with van der Waals surface area (Å²) in [6, 6.07) is 10.4. The zero-order chi connectivity index (χ0) is 16.1. The summed E-state index contributed by atoms with van der Waals surface area (Å²) in [6.07, 6.45) is 0.291. The van der Waals surface area contributed by atoms with Crippen LogP contribution in [0.5, 0.6) is 0 Å². The average molecular weight is 319 g/mol. The molecule has 0 spiro atoms. The monoisotopic (exact) mass is 319 g/mol. The topological polar surface area (TPSA) is 59.3 Å². The van der Waals surface area contributed by atoms with Gasteiger partial charge in [-0.15, -0.1) is 0 Å². The molecular weight excluding hydrogens is 297 g/mol. The first-order chi connectivity index (χ1) is 10.4. The lowest BCUT2D eigenvalue weighted by Crippen LogP contribution is -2.23. The van der Waals surface area contributed by atoms with Gasteiger partial charge < -0.3 is 9.05 Å². The summed E-state index contributed by atoms with van der Waals surface area (Å²) < 4.78 is 25.0. The smallest absolute Gasteiger partial charge is 0.305 e. The predicted octanol–water partition coefficient (Wildman–Crippen LogP) is 4.26. The molecule has 1 saturated carbocycles. The summed E-state index contributed by atoms with van der Waals surface area (Å²) in [6.45, 7) is 7.31. The third-order valence-corrected chi connectivity index (χ3v) is 7.51. The van der Waals surface area contributed by atoms with Crippen LogP contribution in [-0.4, -0.2) is 17.4 Å². The highest BCUT2D eigenvalue weighted by molar-refractivity contribution is 7.56. The second-order valence-corrected chi connectivity index (χ2v) is 8.89. The summed E-state index contributed by atoms with van der Waals surface area (Å²) in [4.78, 5) is 0. The van der Waals surface area contributed by atoms with Crippen LogP contribution in [0.1, 0.15) is 44.7 Å². The van der Waals surface area contributed by atoms with E-state index in [-0.39, 0.29) is 24.0 Å². The minimum Gasteiger partial charge on any atom is -0.305 e. The Morgan fingerprint density at radius 2 is 1.82 bits per heavy atom. The molecule has 4 nitrogen and oxygen atoms in total. The maximum absolute atomic E-state index is 13.5. The van der Waals surface area contributed by atoms with Crippen LogP contribution in [0.4, 0.5) is 0 Å². The van der Waals surface area contributed by atoms with Gasteiger partial charge in [-0.3, -0.25) is 4.57 Å². The third kappa shape index (κ3) is 2.07. The maximum atomic E-state index is 13.5. The first-order valence-corrected chi connectivity index (χ1v) is 9.36. The lowest BCUT2D eigenvalue weighted by Gasteiger charge is -2.28. The van der Waals surface area contributed by atoms with Crippen molar-refractivity contribution in [1.82, 2.24) is 0 Å². The minimum atomic E-state index is -3.52. The van der Waals surface area contributed by atoms with Crippen molar-refractivity contribution in [2.45, 2.75) is 57.4 Å². The summed E-state index contributed by atoms with van der Waals surface area (Å²) in [5, 5.41) is 8.85. The largest absolute Gasteiger partial charge is 0.352 e. The van der Waals surface area contributed by atoms with Crippen molar-refractivity contribution in [1.29, 1.82) is 5.26 Å². The van der Waals surface area contributed by atoms with E-state index in [0.29, 0.717) is 0 Å². The van der Waals surface area contributed by atoms with Crippen LogP contribution in [0, 0.1) is 17.2 Å². The van der Waals surface area contributed by atoms with E-state index in [1.807, 2.05) is 45.9 Å². The Hall–Kier alpha value is -1.14. The summed E-state index contributed by atoms with van der Waals surface area (Å²) in [5.41, 5.74) is 2.39. The Morgan fingerprint density at radius 1 is 1.23 bits per heavy atom. The van der Waals surface area contributed by atoms with Crippen molar-refractivity contribution in [3.05, 3.63) is 35.4 Å². The van der Waals surface area contributed by atoms with Gasteiger partial charge in [0.2, 0.25) is 0 Å². The molecule has 2 aliphatic rings. The first-order valence-electron chi connectivity index (χ1n) is 7.81. The molecule has 3 rings (SSSR count). The van der Waals surface area contributed by atoms with Gasteiger partial charge in [-0.1, -0.05) is 24.3 Å². The molecule has 1 aromatic rings. The molecule has 0 bridgehead atoms. The molecule has 0 heterocycles. The van der Waals surface area contributed by atoms with Gasteiger partial charge in [0.05, 0.1) is 18.3 Å². The number of hydrogen-bond acceptors (Lipinski definition) is 4. The zero-order valence-electron chi connectivity index (χ0n) is 13.4. The second-order valence-electron chi connectivity index (χ2n) is 6.73. The predicted molar refractivity (Wildman–Crippen MR) is 84.8 cm³/mol. The fourth-order valence-corrected chi connectivity index (χ4v) is 6.64. The van der Waals surface area contributed by atoms with E-state index in [9.17, 15) is 9.83 Å². The quantitative estimate of drug-likeness (QED) is 0.761. The molecule has 0 aliphatic heterocycles.